The van der Waals surface area contributed by atoms with Gasteiger partial charge in [-0.15, -0.1) is 0 Å². The molecule has 0 saturated carbocycles. The summed E-state index contributed by atoms with van der Waals surface area (Å²) in [4.78, 5) is 16.1. The molecule has 9 heteroatoms. The van der Waals surface area contributed by atoms with Gasteiger partial charge in [0.05, 0.1) is 25.0 Å². The average Bonchev–Trinajstić information content (AvgIpc) is 2.82. The van der Waals surface area contributed by atoms with E-state index in [1.807, 2.05) is 0 Å². The normalized spacial score (nSPS) is 13.3. The van der Waals surface area contributed by atoms with Crippen LogP contribution in [0.1, 0.15) is 34.3 Å². The lowest BCUT2D eigenvalue weighted by molar-refractivity contribution is -0.210. The summed E-state index contributed by atoms with van der Waals surface area (Å²) in [5, 5.41) is 10.2. The maximum atomic E-state index is 13.5. The molecule has 2 atom stereocenters. The molecule has 0 fully saturated rings. The minimum atomic E-state index is -4.84. The summed E-state index contributed by atoms with van der Waals surface area (Å²) in [6.07, 6.45) is -6.12. The number of benzene rings is 2. The molecule has 34 heavy (non-hydrogen) atoms. The zero-order valence-electron chi connectivity index (χ0n) is 18.5. The maximum Gasteiger partial charge on any atom is 0.414 e. The molecule has 1 aromatic heterocycles. The number of aliphatic hydroxyl groups is 1. The number of esters is 1. The number of methoxy groups -OCH3 is 1. The Labute approximate surface area is 200 Å². The number of alkyl halides is 3. The Kier molecular flexibility index (Phi) is 8.17. The van der Waals surface area contributed by atoms with E-state index < -0.39 is 24.2 Å². The molecule has 0 radical (unpaired) electrons. The van der Waals surface area contributed by atoms with Crippen molar-refractivity contribution < 1.29 is 32.5 Å². The highest BCUT2D eigenvalue weighted by atomic mass is 35.5. The van der Waals surface area contributed by atoms with Gasteiger partial charge < -0.3 is 14.6 Å². The molecular weight excluding hydrogens is 471 g/mol. The molecule has 0 spiro atoms. The highest BCUT2D eigenvalue weighted by Crippen LogP contribution is 2.38. The topological polar surface area (TPSA) is 68.7 Å². The predicted molar refractivity (Wildman–Crippen MR) is 122 cm³/mol. The van der Waals surface area contributed by atoms with Crippen molar-refractivity contribution in [2.45, 2.75) is 31.5 Å². The number of carbonyl (C=O) groups excluding carboxylic acids is 1. The Balaban J connectivity index is 1.92. The zero-order chi connectivity index (χ0) is 24.9. The van der Waals surface area contributed by atoms with Crippen LogP contribution in [0.4, 0.5) is 13.2 Å². The van der Waals surface area contributed by atoms with Crippen LogP contribution in [0.25, 0.3) is 11.3 Å². The third-order valence-electron chi connectivity index (χ3n) is 5.30. The standard InChI is InChI=1S/C25H23ClF3NO4/c1-3-34-24(32)17-6-4-16(5-7-17)22-13-15(10-11-30-22)12-20(23(31)25(27,28)29)19-9-8-18(33-2)14-21(19)26/h4-11,13-14,20,23,31H,3,12H2,1-2H3. The van der Waals surface area contributed by atoms with Gasteiger partial charge in [0, 0.05) is 22.7 Å². The molecule has 180 valence electrons. The van der Waals surface area contributed by atoms with Gasteiger partial charge in [-0.25, -0.2) is 4.79 Å². The summed E-state index contributed by atoms with van der Waals surface area (Å²) < 4.78 is 50.5. The van der Waals surface area contributed by atoms with Crippen LogP contribution in [0.3, 0.4) is 0 Å². The van der Waals surface area contributed by atoms with Crippen molar-refractivity contribution in [3.63, 3.8) is 0 Å². The third kappa shape index (κ3) is 6.07. The van der Waals surface area contributed by atoms with Gasteiger partial charge >= 0.3 is 12.1 Å². The lowest BCUT2D eigenvalue weighted by Crippen LogP contribution is -2.35. The maximum absolute atomic E-state index is 13.5. The number of ether oxygens (including phenoxy) is 2. The predicted octanol–water partition coefficient (Wildman–Crippen LogP) is 5.84. The van der Waals surface area contributed by atoms with Gasteiger partial charge in [-0.05, 0) is 60.9 Å². The molecule has 3 rings (SSSR count). The number of carbonyl (C=O) groups is 1. The first-order chi connectivity index (χ1) is 16.1. The van der Waals surface area contributed by atoms with Gasteiger partial charge in [0.15, 0.2) is 6.10 Å². The van der Waals surface area contributed by atoms with Gasteiger partial charge in [-0.2, -0.15) is 13.2 Å². The van der Waals surface area contributed by atoms with E-state index in [4.69, 9.17) is 21.1 Å². The lowest BCUT2D eigenvalue weighted by Gasteiger charge is -2.26. The van der Waals surface area contributed by atoms with E-state index in [0.717, 1.165) is 0 Å². The summed E-state index contributed by atoms with van der Waals surface area (Å²) in [5.41, 5.74) is 2.24. The molecule has 0 aliphatic rings. The molecule has 1 N–H and O–H groups in total. The Bertz CT molecular complexity index is 1140. The van der Waals surface area contributed by atoms with Crippen molar-refractivity contribution in [3.05, 3.63) is 82.5 Å². The van der Waals surface area contributed by atoms with Crippen LogP contribution in [0.5, 0.6) is 5.75 Å². The highest BCUT2D eigenvalue weighted by molar-refractivity contribution is 6.31. The Morgan fingerprint density at radius 1 is 1.12 bits per heavy atom. The fourth-order valence-corrected chi connectivity index (χ4v) is 3.87. The molecule has 0 aliphatic carbocycles. The van der Waals surface area contributed by atoms with E-state index in [9.17, 15) is 23.1 Å². The first kappa shape index (κ1) is 25.5. The van der Waals surface area contributed by atoms with Crippen LogP contribution in [-0.4, -0.2) is 42.1 Å². The zero-order valence-corrected chi connectivity index (χ0v) is 19.2. The molecule has 0 saturated heterocycles. The van der Waals surface area contributed by atoms with Crippen LogP contribution in [0.2, 0.25) is 5.02 Å². The second kappa shape index (κ2) is 10.9. The fraction of sp³-hybridized carbons (Fsp3) is 0.280. The lowest BCUT2D eigenvalue weighted by atomic mass is 9.86. The monoisotopic (exact) mass is 493 g/mol. The van der Waals surface area contributed by atoms with Gasteiger partial charge in [0.1, 0.15) is 5.75 Å². The molecule has 0 bridgehead atoms. The summed E-state index contributed by atoms with van der Waals surface area (Å²) in [7, 11) is 1.42. The minimum Gasteiger partial charge on any atom is -0.497 e. The van der Waals surface area contributed by atoms with Crippen LogP contribution in [0, 0.1) is 0 Å². The molecule has 3 aromatic rings. The molecule has 0 aliphatic heterocycles. The first-order valence-corrected chi connectivity index (χ1v) is 10.8. The first-order valence-electron chi connectivity index (χ1n) is 10.4. The molecule has 2 unspecified atom stereocenters. The quantitative estimate of drug-likeness (QED) is 0.399. The Hall–Kier alpha value is -3.10. The molecule has 0 amide bonds. The number of halogens is 4. The number of rotatable bonds is 8. The van der Waals surface area contributed by atoms with E-state index in [0.29, 0.717) is 28.1 Å². The second-order valence-corrected chi connectivity index (χ2v) is 7.94. The summed E-state index contributed by atoms with van der Waals surface area (Å²) in [6.45, 7) is 1.97. The van der Waals surface area contributed by atoms with Crippen LogP contribution in [-0.2, 0) is 11.2 Å². The van der Waals surface area contributed by atoms with Crippen LogP contribution in [0.15, 0.2) is 60.8 Å². The molecule has 2 aromatic carbocycles. The van der Waals surface area contributed by atoms with Crippen molar-refractivity contribution in [2.75, 3.05) is 13.7 Å². The SMILES string of the molecule is CCOC(=O)c1ccc(-c2cc(CC(c3ccc(OC)cc3Cl)C(O)C(F)(F)F)ccn2)cc1. The van der Waals surface area contributed by atoms with Crippen molar-refractivity contribution in [3.8, 4) is 17.0 Å². The molecule has 1 heterocycles. The minimum absolute atomic E-state index is 0.0662. The Morgan fingerprint density at radius 3 is 2.41 bits per heavy atom. The van der Waals surface area contributed by atoms with Crippen molar-refractivity contribution in [2.24, 2.45) is 0 Å². The largest absolute Gasteiger partial charge is 0.497 e. The van der Waals surface area contributed by atoms with E-state index >= 15 is 0 Å². The van der Waals surface area contributed by atoms with E-state index in [1.54, 1.807) is 43.3 Å². The number of hydrogen-bond acceptors (Lipinski definition) is 5. The summed E-state index contributed by atoms with van der Waals surface area (Å²) in [6, 6.07) is 14.1. The highest BCUT2D eigenvalue weighted by Gasteiger charge is 2.44. The van der Waals surface area contributed by atoms with E-state index in [1.165, 1.54) is 31.5 Å². The second-order valence-electron chi connectivity index (χ2n) is 7.53. The van der Waals surface area contributed by atoms with E-state index in [2.05, 4.69) is 4.98 Å². The van der Waals surface area contributed by atoms with Gasteiger partial charge in [-0.1, -0.05) is 29.8 Å². The fourth-order valence-electron chi connectivity index (χ4n) is 3.56. The van der Waals surface area contributed by atoms with Crippen molar-refractivity contribution in [1.29, 1.82) is 0 Å². The van der Waals surface area contributed by atoms with Crippen LogP contribution >= 0.6 is 11.6 Å². The van der Waals surface area contributed by atoms with Crippen molar-refractivity contribution >= 4 is 17.6 Å². The van der Waals surface area contributed by atoms with Crippen LogP contribution < -0.4 is 4.74 Å². The van der Waals surface area contributed by atoms with Crippen molar-refractivity contribution in [1.82, 2.24) is 4.98 Å². The molecular formula is C25H23ClF3NO4. The third-order valence-corrected chi connectivity index (χ3v) is 5.62. The number of aliphatic hydroxyl groups excluding tert-OH is 1. The number of nitrogens with zero attached hydrogens (tertiary/aromatic N) is 1. The smallest absolute Gasteiger partial charge is 0.414 e. The number of hydrogen-bond donors (Lipinski definition) is 1. The van der Waals surface area contributed by atoms with Gasteiger partial charge in [0.2, 0.25) is 0 Å². The van der Waals surface area contributed by atoms with Gasteiger partial charge in [0.25, 0.3) is 0 Å². The van der Waals surface area contributed by atoms with Gasteiger partial charge in [-0.3, -0.25) is 4.98 Å². The average molecular weight is 494 g/mol. The Morgan fingerprint density at radius 2 is 1.82 bits per heavy atom. The number of pyridine rings is 1. The van der Waals surface area contributed by atoms with E-state index in [-0.39, 0.29) is 23.6 Å². The summed E-state index contributed by atoms with van der Waals surface area (Å²) in [5.74, 6) is -1.40. The molecule has 5 nitrogen and oxygen atoms in total. The summed E-state index contributed by atoms with van der Waals surface area (Å²) >= 11 is 6.24. The number of aromatic nitrogens is 1.